The van der Waals surface area contributed by atoms with Crippen molar-refractivity contribution in [2.24, 2.45) is 5.41 Å². The largest absolute Gasteiger partial charge is 0.223 e. The van der Waals surface area contributed by atoms with E-state index >= 15 is 0 Å². The van der Waals surface area contributed by atoms with E-state index in [1.165, 1.54) is 12.1 Å². The van der Waals surface area contributed by atoms with E-state index in [0.717, 1.165) is 0 Å². The van der Waals surface area contributed by atoms with Crippen LogP contribution in [0.3, 0.4) is 0 Å². The van der Waals surface area contributed by atoms with E-state index in [-0.39, 0.29) is 11.3 Å². The normalized spacial score (nSPS) is 21.8. The van der Waals surface area contributed by atoms with E-state index in [9.17, 15) is 8.42 Å². The molecule has 0 heterocycles. The molecule has 1 saturated carbocycles. The predicted octanol–water partition coefficient (Wildman–Crippen LogP) is 1.27. The van der Waals surface area contributed by atoms with Crippen molar-refractivity contribution < 1.29 is 8.42 Å². The zero-order valence-corrected chi connectivity index (χ0v) is 9.11. The maximum Gasteiger partial charge on any atom is 0.183 e. The van der Waals surface area contributed by atoms with Gasteiger partial charge in [-0.05, 0) is 12.1 Å². The minimum absolute atomic E-state index is 0.108. The molecule has 5 heteroatoms. The highest BCUT2D eigenvalue weighted by Gasteiger charge is 2.63. The first kappa shape index (κ1) is 10.7. The summed E-state index contributed by atoms with van der Waals surface area (Å²) in [6.45, 7) is 0. The predicted molar refractivity (Wildman–Crippen MR) is 55.7 cm³/mol. The van der Waals surface area contributed by atoms with Crippen LogP contribution in [0.4, 0.5) is 0 Å². The molecule has 0 amide bonds. The fourth-order valence-corrected chi connectivity index (χ4v) is 3.63. The summed E-state index contributed by atoms with van der Waals surface area (Å²) in [5.74, 6) is 0. The van der Waals surface area contributed by atoms with E-state index in [1.54, 1.807) is 30.3 Å². The minimum Gasteiger partial charge on any atom is -0.223 e. The van der Waals surface area contributed by atoms with Crippen LogP contribution < -0.4 is 0 Å². The number of hydrogen-bond donors (Lipinski definition) is 0. The third-order valence-corrected chi connectivity index (χ3v) is 4.99. The summed E-state index contributed by atoms with van der Waals surface area (Å²) in [6.07, 6.45) is 0.108. The molecule has 80 valence electrons. The van der Waals surface area contributed by atoms with Gasteiger partial charge in [0.2, 0.25) is 0 Å². The molecule has 1 atom stereocenters. The summed E-state index contributed by atoms with van der Waals surface area (Å²) in [5, 5.41) is 16.7. The molecular formula is C11H8N2O2S. The van der Waals surface area contributed by atoms with Crippen LogP contribution in [-0.2, 0) is 9.84 Å². The first-order chi connectivity index (χ1) is 7.57. The molecule has 16 heavy (non-hydrogen) atoms. The van der Waals surface area contributed by atoms with Gasteiger partial charge in [-0.15, -0.1) is 0 Å². The fourth-order valence-electron chi connectivity index (χ4n) is 1.64. The Labute approximate surface area is 93.7 Å². The van der Waals surface area contributed by atoms with Crippen molar-refractivity contribution in [3.63, 3.8) is 0 Å². The second-order valence-electron chi connectivity index (χ2n) is 3.75. The van der Waals surface area contributed by atoms with E-state index in [0.29, 0.717) is 0 Å². The standard InChI is InChI=1S/C11H8N2O2S/c12-7-11(8-13)6-10(11)16(14,15)9-4-2-1-3-5-9/h1-5,10H,6H2/t10-/m0/s1. The van der Waals surface area contributed by atoms with E-state index in [4.69, 9.17) is 10.5 Å². The molecule has 1 aliphatic rings. The van der Waals surface area contributed by atoms with Crippen LogP contribution in [0.25, 0.3) is 0 Å². The van der Waals surface area contributed by atoms with Gasteiger partial charge in [0.15, 0.2) is 15.3 Å². The summed E-state index contributed by atoms with van der Waals surface area (Å²) >= 11 is 0. The van der Waals surface area contributed by atoms with Crippen molar-refractivity contribution in [1.82, 2.24) is 0 Å². The lowest BCUT2D eigenvalue weighted by Crippen LogP contribution is -2.14. The molecule has 2 rings (SSSR count). The van der Waals surface area contributed by atoms with Gasteiger partial charge in [0.25, 0.3) is 0 Å². The van der Waals surface area contributed by atoms with Crippen molar-refractivity contribution >= 4 is 9.84 Å². The maximum atomic E-state index is 12.0. The number of rotatable bonds is 2. The minimum atomic E-state index is -3.54. The zero-order valence-electron chi connectivity index (χ0n) is 8.29. The second-order valence-corrected chi connectivity index (χ2v) is 5.88. The number of hydrogen-bond acceptors (Lipinski definition) is 4. The Balaban J connectivity index is 2.40. The van der Waals surface area contributed by atoms with Crippen LogP contribution in [0.1, 0.15) is 6.42 Å². The van der Waals surface area contributed by atoms with Crippen LogP contribution >= 0.6 is 0 Å². The summed E-state index contributed by atoms with van der Waals surface area (Å²) < 4.78 is 24.1. The number of sulfone groups is 1. The number of benzene rings is 1. The van der Waals surface area contributed by atoms with Gasteiger partial charge in [-0.2, -0.15) is 10.5 Å². The Kier molecular flexibility index (Phi) is 2.22. The van der Waals surface area contributed by atoms with Gasteiger partial charge in [-0.1, -0.05) is 18.2 Å². The molecule has 0 N–H and O–H groups in total. The highest BCUT2D eigenvalue weighted by atomic mass is 32.2. The quantitative estimate of drug-likeness (QED) is 0.768. The molecule has 1 aromatic rings. The SMILES string of the molecule is N#CC1(C#N)C[C@@H]1S(=O)(=O)c1ccccc1. The summed E-state index contributed by atoms with van der Waals surface area (Å²) in [5.41, 5.74) is -1.34. The van der Waals surface area contributed by atoms with Crippen LogP contribution in [-0.4, -0.2) is 13.7 Å². The Hall–Kier alpha value is -1.85. The molecule has 1 aliphatic carbocycles. The average Bonchev–Trinajstić information content (AvgIpc) is 3.06. The Morgan fingerprint density at radius 3 is 2.19 bits per heavy atom. The van der Waals surface area contributed by atoms with E-state index in [1.807, 2.05) is 0 Å². The van der Waals surface area contributed by atoms with Crippen molar-refractivity contribution in [2.75, 3.05) is 0 Å². The van der Waals surface area contributed by atoms with E-state index < -0.39 is 20.5 Å². The van der Waals surface area contributed by atoms with E-state index in [2.05, 4.69) is 0 Å². The molecule has 1 aromatic carbocycles. The molecule has 1 fully saturated rings. The maximum absolute atomic E-state index is 12.0. The summed E-state index contributed by atoms with van der Waals surface area (Å²) in [7, 11) is -3.54. The lowest BCUT2D eigenvalue weighted by Gasteiger charge is -2.02. The van der Waals surface area contributed by atoms with Gasteiger partial charge < -0.3 is 0 Å². The molecular weight excluding hydrogens is 224 g/mol. The first-order valence-corrected chi connectivity index (χ1v) is 6.23. The lowest BCUT2D eigenvalue weighted by molar-refractivity contribution is 0.591. The number of nitrogens with zero attached hydrogens (tertiary/aromatic N) is 2. The Bertz CT molecular complexity index is 579. The molecule has 0 saturated heterocycles. The highest BCUT2D eigenvalue weighted by Crippen LogP contribution is 2.51. The van der Waals surface area contributed by atoms with Crippen molar-refractivity contribution in [3.8, 4) is 12.1 Å². The topological polar surface area (TPSA) is 81.7 Å². The lowest BCUT2D eigenvalue weighted by atomic mass is 10.2. The zero-order chi connectivity index (χ0) is 11.8. The van der Waals surface area contributed by atoms with Gasteiger partial charge in [-0.25, -0.2) is 8.42 Å². The smallest absolute Gasteiger partial charge is 0.183 e. The first-order valence-electron chi connectivity index (χ1n) is 4.68. The van der Waals surface area contributed by atoms with Gasteiger partial charge in [0, 0.05) is 6.42 Å². The van der Waals surface area contributed by atoms with Crippen molar-refractivity contribution in [3.05, 3.63) is 30.3 Å². The molecule has 0 aliphatic heterocycles. The molecule has 0 bridgehead atoms. The summed E-state index contributed by atoms with van der Waals surface area (Å²) in [4.78, 5) is 0.173. The van der Waals surface area contributed by atoms with Gasteiger partial charge in [-0.3, -0.25) is 0 Å². The highest BCUT2D eigenvalue weighted by molar-refractivity contribution is 7.92. The Morgan fingerprint density at radius 1 is 1.19 bits per heavy atom. The monoisotopic (exact) mass is 232 g/mol. The van der Waals surface area contributed by atoms with Gasteiger partial charge >= 0.3 is 0 Å². The van der Waals surface area contributed by atoms with Crippen molar-refractivity contribution in [1.29, 1.82) is 10.5 Å². The second kappa shape index (κ2) is 3.33. The van der Waals surface area contributed by atoms with Crippen LogP contribution in [0.2, 0.25) is 0 Å². The molecule has 0 unspecified atom stereocenters. The molecule has 0 radical (unpaired) electrons. The van der Waals surface area contributed by atoms with Crippen molar-refractivity contribution in [2.45, 2.75) is 16.6 Å². The van der Waals surface area contributed by atoms with Crippen LogP contribution in [0.5, 0.6) is 0 Å². The molecule has 4 nitrogen and oxygen atoms in total. The van der Waals surface area contributed by atoms with Gasteiger partial charge in [0.1, 0.15) is 5.25 Å². The van der Waals surface area contributed by atoms with Crippen LogP contribution in [0, 0.1) is 28.1 Å². The van der Waals surface area contributed by atoms with Gasteiger partial charge in [0.05, 0.1) is 17.0 Å². The third kappa shape index (κ3) is 1.37. The average molecular weight is 232 g/mol. The third-order valence-electron chi connectivity index (χ3n) is 2.74. The molecule has 0 aromatic heterocycles. The Morgan fingerprint density at radius 2 is 1.75 bits per heavy atom. The molecule has 0 spiro atoms. The van der Waals surface area contributed by atoms with Crippen LogP contribution in [0.15, 0.2) is 35.2 Å². The summed E-state index contributed by atoms with van der Waals surface area (Å²) in [6, 6.07) is 11.5. The number of nitriles is 2. The fraction of sp³-hybridized carbons (Fsp3) is 0.273.